The van der Waals surface area contributed by atoms with Crippen LogP contribution in [0.4, 0.5) is 4.39 Å². The van der Waals surface area contributed by atoms with Gasteiger partial charge >= 0.3 is 0 Å². The van der Waals surface area contributed by atoms with E-state index >= 15 is 0 Å². The molecular weight excluding hydrogens is 249 g/mol. The van der Waals surface area contributed by atoms with E-state index < -0.39 is 0 Å². The topological polar surface area (TPSA) is 12.0 Å². The molecular formula is C18H22FN. The molecule has 0 atom stereocenters. The lowest BCUT2D eigenvalue weighted by atomic mass is 9.86. The Morgan fingerprint density at radius 1 is 0.950 bits per heavy atom. The molecule has 1 nitrogen and oxygen atoms in total. The van der Waals surface area contributed by atoms with Gasteiger partial charge in [0.25, 0.3) is 0 Å². The van der Waals surface area contributed by atoms with Crippen LogP contribution in [0.5, 0.6) is 0 Å². The monoisotopic (exact) mass is 271 g/mol. The summed E-state index contributed by atoms with van der Waals surface area (Å²) in [5, 5.41) is 2.99. The van der Waals surface area contributed by atoms with Crippen LogP contribution in [0.25, 0.3) is 11.1 Å². The third-order valence-corrected chi connectivity index (χ3v) is 3.50. The van der Waals surface area contributed by atoms with Crippen molar-refractivity contribution in [2.45, 2.75) is 32.7 Å². The fourth-order valence-corrected chi connectivity index (χ4v) is 2.24. The van der Waals surface area contributed by atoms with Crippen LogP contribution in [0.3, 0.4) is 0 Å². The molecule has 106 valence electrons. The molecule has 2 rings (SSSR count). The van der Waals surface area contributed by atoms with Gasteiger partial charge in [0.15, 0.2) is 0 Å². The zero-order valence-electron chi connectivity index (χ0n) is 12.6. The van der Waals surface area contributed by atoms with Crippen LogP contribution < -0.4 is 5.32 Å². The minimum atomic E-state index is -0.158. The van der Waals surface area contributed by atoms with E-state index in [1.54, 1.807) is 6.07 Å². The van der Waals surface area contributed by atoms with E-state index in [2.05, 4.69) is 50.4 Å². The highest BCUT2D eigenvalue weighted by atomic mass is 19.1. The summed E-state index contributed by atoms with van der Waals surface area (Å²) in [4.78, 5) is 0. The molecule has 0 amide bonds. The number of rotatable bonds is 3. The van der Waals surface area contributed by atoms with Crippen molar-refractivity contribution >= 4 is 0 Å². The first-order valence-electron chi connectivity index (χ1n) is 6.96. The van der Waals surface area contributed by atoms with Gasteiger partial charge in [0, 0.05) is 12.1 Å². The first-order chi connectivity index (χ1) is 9.41. The molecule has 2 aromatic rings. The summed E-state index contributed by atoms with van der Waals surface area (Å²) < 4.78 is 13.7. The van der Waals surface area contributed by atoms with Crippen molar-refractivity contribution in [1.82, 2.24) is 5.32 Å². The lowest BCUT2D eigenvalue weighted by molar-refractivity contribution is 0.590. The van der Waals surface area contributed by atoms with Crippen LogP contribution in [-0.4, -0.2) is 7.05 Å². The minimum Gasteiger partial charge on any atom is -0.316 e. The van der Waals surface area contributed by atoms with Gasteiger partial charge in [-0.2, -0.15) is 0 Å². The van der Waals surface area contributed by atoms with E-state index in [1.165, 1.54) is 5.56 Å². The van der Waals surface area contributed by atoms with Gasteiger partial charge in [-0.25, -0.2) is 4.39 Å². The van der Waals surface area contributed by atoms with Gasteiger partial charge in [-0.05, 0) is 41.3 Å². The summed E-state index contributed by atoms with van der Waals surface area (Å²) in [6, 6.07) is 13.8. The Balaban J connectivity index is 2.34. The number of hydrogen-bond acceptors (Lipinski definition) is 1. The van der Waals surface area contributed by atoms with Crippen molar-refractivity contribution in [3.8, 4) is 11.1 Å². The number of halogens is 1. The maximum Gasteiger partial charge on any atom is 0.127 e. The molecule has 0 spiro atoms. The molecule has 0 bridgehead atoms. The predicted molar refractivity (Wildman–Crippen MR) is 83.3 cm³/mol. The second-order valence-electron chi connectivity index (χ2n) is 6.16. The first-order valence-corrected chi connectivity index (χ1v) is 6.96. The van der Waals surface area contributed by atoms with Gasteiger partial charge in [0.1, 0.15) is 5.82 Å². The molecule has 1 N–H and O–H groups in total. The maximum absolute atomic E-state index is 13.7. The molecule has 0 unspecified atom stereocenters. The van der Waals surface area contributed by atoms with E-state index in [-0.39, 0.29) is 11.2 Å². The summed E-state index contributed by atoms with van der Waals surface area (Å²) in [6.07, 6.45) is 0. The van der Waals surface area contributed by atoms with Crippen LogP contribution >= 0.6 is 0 Å². The molecule has 2 heteroatoms. The maximum atomic E-state index is 13.7. The molecule has 0 fully saturated rings. The molecule has 0 aliphatic carbocycles. The highest BCUT2D eigenvalue weighted by Crippen LogP contribution is 2.27. The van der Waals surface area contributed by atoms with Crippen LogP contribution in [0.2, 0.25) is 0 Å². The molecule has 0 radical (unpaired) electrons. The first kappa shape index (κ1) is 14.7. The lowest BCUT2D eigenvalue weighted by Gasteiger charge is -2.19. The Morgan fingerprint density at radius 2 is 1.55 bits per heavy atom. The lowest BCUT2D eigenvalue weighted by Crippen LogP contribution is -2.10. The molecule has 2 aromatic carbocycles. The van der Waals surface area contributed by atoms with Crippen molar-refractivity contribution in [3.05, 3.63) is 59.4 Å². The highest BCUT2D eigenvalue weighted by Gasteiger charge is 2.13. The second kappa shape index (κ2) is 5.76. The fourth-order valence-electron chi connectivity index (χ4n) is 2.24. The normalized spacial score (nSPS) is 11.7. The Bertz CT molecular complexity index is 579. The van der Waals surface area contributed by atoms with Crippen molar-refractivity contribution in [2.24, 2.45) is 0 Å². The standard InChI is InChI=1S/C18H22FN/c1-18(2,3)16-8-5-13(6-9-16)14-7-10-17(19)15(11-14)12-20-4/h5-11,20H,12H2,1-4H3. The van der Waals surface area contributed by atoms with Crippen LogP contribution in [0, 0.1) is 5.82 Å². The summed E-state index contributed by atoms with van der Waals surface area (Å²) in [5.74, 6) is -0.158. The van der Waals surface area contributed by atoms with Gasteiger partial charge in [0.05, 0.1) is 0 Å². The molecule has 0 saturated carbocycles. The van der Waals surface area contributed by atoms with E-state index in [1.807, 2.05) is 19.2 Å². The van der Waals surface area contributed by atoms with Crippen LogP contribution in [-0.2, 0) is 12.0 Å². The third kappa shape index (κ3) is 3.26. The smallest absolute Gasteiger partial charge is 0.127 e. The van der Waals surface area contributed by atoms with Crippen LogP contribution in [0.1, 0.15) is 31.9 Å². The molecule has 0 saturated heterocycles. The second-order valence-corrected chi connectivity index (χ2v) is 6.16. The van der Waals surface area contributed by atoms with Gasteiger partial charge in [-0.15, -0.1) is 0 Å². The Morgan fingerprint density at radius 3 is 2.10 bits per heavy atom. The number of hydrogen-bond donors (Lipinski definition) is 1. The quantitative estimate of drug-likeness (QED) is 0.866. The van der Waals surface area contributed by atoms with Gasteiger partial charge in [-0.1, -0.05) is 51.1 Å². The summed E-state index contributed by atoms with van der Waals surface area (Å²) >= 11 is 0. The van der Waals surface area contributed by atoms with Crippen molar-refractivity contribution in [3.63, 3.8) is 0 Å². The highest BCUT2D eigenvalue weighted by molar-refractivity contribution is 5.64. The van der Waals surface area contributed by atoms with Gasteiger partial charge < -0.3 is 5.32 Å². The number of nitrogens with one attached hydrogen (secondary N) is 1. The average molecular weight is 271 g/mol. The Labute approximate surface area is 120 Å². The summed E-state index contributed by atoms with van der Waals surface area (Å²) in [6.45, 7) is 7.14. The van der Waals surface area contributed by atoms with Crippen molar-refractivity contribution < 1.29 is 4.39 Å². The van der Waals surface area contributed by atoms with Gasteiger partial charge in [-0.3, -0.25) is 0 Å². The molecule has 0 heterocycles. The molecule has 0 aromatic heterocycles. The van der Waals surface area contributed by atoms with E-state index in [0.29, 0.717) is 12.1 Å². The molecule has 0 aliphatic rings. The zero-order chi connectivity index (χ0) is 14.8. The van der Waals surface area contributed by atoms with Crippen molar-refractivity contribution in [1.29, 1.82) is 0 Å². The Hall–Kier alpha value is -1.67. The summed E-state index contributed by atoms with van der Waals surface area (Å²) in [5.41, 5.74) is 4.33. The van der Waals surface area contributed by atoms with Gasteiger partial charge in [0.2, 0.25) is 0 Å². The summed E-state index contributed by atoms with van der Waals surface area (Å²) in [7, 11) is 1.82. The van der Waals surface area contributed by atoms with E-state index in [4.69, 9.17) is 0 Å². The van der Waals surface area contributed by atoms with E-state index in [9.17, 15) is 4.39 Å². The predicted octanol–water partition coefficient (Wildman–Crippen LogP) is 4.51. The minimum absolute atomic E-state index is 0.151. The zero-order valence-corrected chi connectivity index (χ0v) is 12.6. The third-order valence-electron chi connectivity index (χ3n) is 3.50. The van der Waals surface area contributed by atoms with E-state index in [0.717, 1.165) is 11.1 Å². The van der Waals surface area contributed by atoms with Crippen molar-refractivity contribution in [2.75, 3.05) is 7.05 Å². The molecule has 0 aliphatic heterocycles. The average Bonchev–Trinajstić information content (AvgIpc) is 2.41. The molecule has 20 heavy (non-hydrogen) atoms. The fraction of sp³-hybridized carbons (Fsp3) is 0.333. The number of benzene rings is 2. The van der Waals surface area contributed by atoms with Crippen LogP contribution in [0.15, 0.2) is 42.5 Å². The largest absolute Gasteiger partial charge is 0.316 e. The Kier molecular flexibility index (Phi) is 4.24. The SMILES string of the molecule is CNCc1cc(-c2ccc(C(C)(C)C)cc2)ccc1F.